The molecule has 0 bridgehead atoms. The summed E-state index contributed by atoms with van der Waals surface area (Å²) >= 11 is 0. The number of nitrogens with zero attached hydrogens (tertiary/aromatic N) is 1. The van der Waals surface area contributed by atoms with Crippen molar-refractivity contribution in [2.45, 2.75) is 57.0 Å². The van der Waals surface area contributed by atoms with Crippen molar-refractivity contribution in [2.24, 2.45) is 5.73 Å². The van der Waals surface area contributed by atoms with E-state index in [1.165, 1.54) is 24.0 Å². The molecule has 3 rings (SSSR count). The highest BCUT2D eigenvalue weighted by Gasteiger charge is 2.36. The molecule has 1 unspecified atom stereocenters. The quantitative estimate of drug-likeness (QED) is 0.898. The van der Waals surface area contributed by atoms with Gasteiger partial charge in [0.2, 0.25) is 5.91 Å². The molecule has 0 spiro atoms. The van der Waals surface area contributed by atoms with Gasteiger partial charge in [-0.2, -0.15) is 0 Å². The van der Waals surface area contributed by atoms with Crippen molar-refractivity contribution in [3.63, 3.8) is 0 Å². The normalized spacial score (nSPS) is 24.0. The van der Waals surface area contributed by atoms with Crippen molar-refractivity contribution >= 4 is 5.91 Å². The molecule has 4 heteroatoms. The number of primary amides is 1. The summed E-state index contributed by atoms with van der Waals surface area (Å²) in [6, 6.07) is 9.43. The summed E-state index contributed by atoms with van der Waals surface area (Å²) < 4.78 is 0. The van der Waals surface area contributed by atoms with Crippen LogP contribution in [-0.2, 0) is 4.79 Å². The number of benzene rings is 1. The molecule has 2 fully saturated rings. The molecule has 23 heavy (non-hydrogen) atoms. The van der Waals surface area contributed by atoms with Gasteiger partial charge in [-0.25, -0.2) is 0 Å². The fourth-order valence-electron chi connectivity index (χ4n) is 4.06. The predicted octanol–water partition coefficient (Wildman–Crippen LogP) is 2.55. The fourth-order valence-corrected chi connectivity index (χ4v) is 4.06. The molecule has 2 saturated heterocycles. The Balaban J connectivity index is 1.72. The lowest BCUT2D eigenvalue weighted by molar-refractivity contribution is -0.129. The zero-order valence-electron chi connectivity index (χ0n) is 14.3. The average molecular weight is 315 g/mol. The molecule has 1 aromatic rings. The van der Waals surface area contributed by atoms with Crippen LogP contribution in [0.5, 0.6) is 0 Å². The minimum atomic E-state index is -0.544. The second-order valence-electron chi connectivity index (χ2n) is 7.46. The largest absolute Gasteiger partial charge is 0.368 e. The van der Waals surface area contributed by atoms with E-state index < -0.39 is 5.54 Å². The highest BCUT2D eigenvalue weighted by atomic mass is 16.1. The van der Waals surface area contributed by atoms with Gasteiger partial charge in [0, 0.05) is 6.04 Å². The van der Waals surface area contributed by atoms with Gasteiger partial charge < -0.3 is 11.1 Å². The molecular weight excluding hydrogens is 286 g/mol. The van der Waals surface area contributed by atoms with Crippen LogP contribution in [-0.4, -0.2) is 36.0 Å². The monoisotopic (exact) mass is 315 g/mol. The summed E-state index contributed by atoms with van der Waals surface area (Å²) in [5.41, 5.74) is 8.01. The zero-order chi connectivity index (χ0) is 16.4. The van der Waals surface area contributed by atoms with Crippen LogP contribution in [0, 0.1) is 0 Å². The molecule has 1 amide bonds. The van der Waals surface area contributed by atoms with Crippen LogP contribution in [0.2, 0.25) is 0 Å². The molecule has 0 aliphatic carbocycles. The Bertz CT molecular complexity index is 555. The second kappa shape index (κ2) is 6.62. The van der Waals surface area contributed by atoms with Gasteiger partial charge in [-0.1, -0.05) is 24.3 Å². The van der Waals surface area contributed by atoms with Crippen LogP contribution in [0.25, 0.3) is 0 Å². The number of piperidine rings is 1. The van der Waals surface area contributed by atoms with Crippen molar-refractivity contribution in [1.29, 1.82) is 0 Å². The summed E-state index contributed by atoms with van der Waals surface area (Å²) in [5.74, 6) is 0.361. The highest BCUT2D eigenvalue weighted by molar-refractivity contribution is 5.83. The number of likely N-dealkylation sites (tertiary alicyclic amines) is 1. The average Bonchev–Trinajstić information content (AvgIpc) is 3.09. The van der Waals surface area contributed by atoms with Crippen LogP contribution >= 0.6 is 0 Å². The topological polar surface area (TPSA) is 58.4 Å². The van der Waals surface area contributed by atoms with Gasteiger partial charge in [-0.05, 0) is 76.2 Å². The summed E-state index contributed by atoms with van der Waals surface area (Å²) in [5, 5.41) is 3.63. The second-order valence-corrected chi connectivity index (χ2v) is 7.46. The van der Waals surface area contributed by atoms with E-state index in [0.29, 0.717) is 12.0 Å². The van der Waals surface area contributed by atoms with Crippen molar-refractivity contribution in [2.75, 3.05) is 19.6 Å². The molecule has 4 nitrogen and oxygen atoms in total. The Hall–Kier alpha value is -1.39. The van der Waals surface area contributed by atoms with Gasteiger partial charge in [-0.15, -0.1) is 0 Å². The molecule has 2 aliphatic rings. The Morgan fingerprint density at radius 1 is 1.17 bits per heavy atom. The first-order chi connectivity index (χ1) is 11.0. The third kappa shape index (κ3) is 3.29. The number of hydrogen-bond acceptors (Lipinski definition) is 3. The number of nitrogens with two attached hydrogens (primary N) is 1. The van der Waals surface area contributed by atoms with E-state index in [-0.39, 0.29) is 5.91 Å². The number of hydrogen-bond donors (Lipinski definition) is 2. The van der Waals surface area contributed by atoms with Crippen molar-refractivity contribution < 1.29 is 4.79 Å². The van der Waals surface area contributed by atoms with Gasteiger partial charge in [0.05, 0.1) is 5.54 Å². The van der Waals surface area contributed by atoms with E-state index in [1.54, 1.807) is 0 Å². The lowest BCUT2D eigenvalue weighted by atomic mass is 9.83. The van der Waals surface area contributed by atoms with E-state index in [9.17, 15) is 4.79 Å². The molecule has 2 aliphatic heterocycles. The van der Waals surface area contributed by atoms with Crippen molar-refractivity contribution in [3.05, 3.63) is 35.4 Å². The number of rotatable bonds is 4. The van der Waals surface area contributed by atoms with Gasteiger partial charge in [0.1, 0.15) is 0 Å². The number of carbonyl (C=O) groups excluding carboxylic acids is 1. The van der Waals surface area contributed by atoms with Crippen molar-refractivity contribution in [3.8, 4) is 0 Å². The molecular formula is C19H29N3O. The summed E-state index contributed by atoms with van der Waals surface area (Å²) in [6.07, 6.45) is 4.70. The van der Waals surface area contributed by atoms with Gasteiger partial charge >= 0.3 is 0 Å². The van der Waals surface area contributed by atoms with Crippen LogP contribution in [0.15, 0.2) is 24.3 Å². The third-order valence-corrected chi connectivity index (χ3v) is 5.76. The SMILES string of the molecule is CC(C)(C(N)=O)N1CCC(c2ccccc2C2CCCN2)CC1. The number of nitrogens with one attached hydrogen (secondary N) is 1. The smallest absolute Gasteiger partial charge is 0.237 e. The standard InChI is InChI=1S/C19H29N3O/c1-19(2,18(20)23)22-12-9-14(10-13-22)15-6-3-4-7-16(15)17-8-5-11-21-17/h3-4,6-7,14,17,21H,5,8-13H2,1-2H3,(H2,20,23). The van der Waals surface area contributed by atoms with Gasteiger partial charge in [-0.3, -0.25) is 9.69 Å². The summed E-state index contributed by atoms with van der Waals surface area (Å²) in [6.45, 7) is 6.88. The number of carbonyl (C=O) groups is 1. The minimum absolute atomic E-state index is 0.230. The molecule has 0 radical (unpaired) electrons. The van der Waals surface area contributed by atoms with E-state index in [0.717, 1.165) is 32.5 Å². The number of amides is 1. The molecule has 126 valence electrons. The lowest BCUT2D eigenvalue weighted by Crippen LogP contribution is -2.55. The van der Waals surface area contributed by atoms with Crippen LogP contribution in [0.1, 0.15) is 62.6 Å². The zero-order valence-corrected chi connectivity index (χ0v) is 14.3. The first-order valence-corrected chi connectivity index (χ1v) is 8.87. The van der Waals surface area contributed by atoms with Gasteiger partial charge in [0.25, 0.3) is 0 Å². The van der Waals surface area contributed by atoms with E-state index >= 15 is 0 Å². The predicted molar refractivity (Wildman–Crippen MR) is 93.2 cm³/mol. The first kappa shape index (κ1) is 16.5. The maximum Gasteiger partial charge on any atom is 0.237 e. The minimum Gasteiger partial charge on any atom is -0.368 e. The maximum absolute atomic E-state index is 11.7. The molecule has 0 saturated carbocycles. The Labute approximate surface area is 139 Å². The van der Waals surface area contributed by atoms with Crippen molar-refractivity contribution in [1.82, 2.24) is 10.2 Å². The van der Waals surface area contributed by atoms with E-state index in [1.807, 2.05) is 13.8 Å². The fraction of sp³-hybridized carbons (Fsp3) is 0.632. The summed E-state index contributed by atoms with van der Waals surface area (Å²) in [7, 11) is 0. The van der Waals surface area contributed by atoms with E-state index in [2.05, 4.69) is 34.5 Å². The van der Waals surface area contributed by atoms with Crippen LogP contribution < -0.4 is 11.1 Å². The van der Waals surface area contributed by atoms with Gasteiger partial charge in [0.15, 0.2) is 0 Å². The molecule has 2 heterocycles. The Morgan fingerprint density at radius 2 is 1.83 bits per heavy atom. The highest BCUT2D eigenvalue weighted by Crippen LogP contribution is 2.36. The molecule has 0 aromatic heterocycles. The molecule has 3 N–H and O–H groups in total. The molecule has 1 aromatic carbocycles. The van der Waals surface area contributed by atoms with E-state index in [4.69, 9.17) is 5.73 Å². The first-order valence-electron chi connectivity index (χ1n) is 8.87. The maximum atomic E-state index is 11.7. The Kier molecular flexibility index (Phi) is 4.74. The van der Waals surface area contributed by atoms with Crippen LogP contribution in [0.4, 0.5) is 0 Å². The Morgan fingerprint density at radius 3 is 2.39 bits per heavy atom. The molecule has 1 atom stereocenters. The van der Waals surface area contributed by atoms with Crippen LogP contribution in [0.3, 0.4) is 0 Å². The lowest BCUT2D eigenvalue weighted by Gasteiger charge is -2.41. The third-order valence-electron chi connectivity index (χ3n) is 5.76. The summed E-state index contributed by atoms with van der Waals surface area (Å²) in [4.78, 5) is 13.9.